The van der Waals surface area contributed by atoms with Crippen LogP contribution in [0.3, 0.4) is 0 Å². The Balaban J connectivity index is 1.54. The Morgan fingerprint density at radius 2 is 1.81 bits per heavy atom. The maximum absolute atomic E-state index is 13.1. The summed E-state index contributed by atoms with van der Waals surface area (Å²) in [5, 5.41) is 2.89. The van der Waals surface area contributed by atoms with Gasteiger partial charge in [0.05, 0.1) is 11.9 Å². The van der Waals surface area contributed by atoms with Gasteiger partial charge in [-0.1, -0.05) is 48.5 Å². The van der Waals surface area contributed by atoms with Gasteiger partial charge in [-0.25, -0.2) is 8.42 Å². The quantitative estimate of drug-likeness (QED) is 0.667. The number of aromatic nitrogens is 1. The van der Waals surface area contributed by atoms with E-state index in [-0.39, 0.29) is 12.5 Å². The van der Waals surface area contributed by atoms with Gasteiger partial charge in [-0.2, -0.15) is 4.31 Å². The van der Waals surface area contributed by atoms with Gasteiger partial charge in [0.1, 0.15) is 6.04 Å². The number of nitrogens with one attached hydrogen (secondary N) is 1. The zero-order valence-electron chi connectivity index (χ0n) is 17.1. The van der Waals surface area contributed by atoms with Crippen LogP contribution in [0.2, 0.25) is 0 Å². The van der Waals surface area contributed by atoms with Crippen molar-refractivity contribution < 1.29 is 13.2 Å². The standard InChI is InChI=1S/C24H23N3O3S/c1-31(29,30)27-17-20-9-3-2-8-19(20)16-23(27)24(28)26-22-11-6-7-18(15-22)12-13-21-10-4-5-14-25-21/h2-15,23H,16-17H2,1H3,(H,26,28). The minimum absolute atomic E-state index is 0.194. The minimum Gasteiger partial charge on any atom is -0.325 e. The Labute approximate surface area is 182 Å². The number of anilines is 1. The summed E-state index contributed by atoms with van der Waals surface area (Å²) in [4.78, 5) is 17.3. The van der Waals surface area contributed by atoms with Crippen molar-refractivity contribution in [1.82, 2.24) is 9.29 Å². The Morgan fingerprint density at radius 1 is 1.03 bits per heavy atom. The van der Waals surface area contributed by atoms with Crippen molar-refractivity contribution in [3.63, 3.8) is 0 Å². The molecule has 0 bridgehead atoms. The Kier molecular flexibility index (Phi) is 5.97. The molecule has 0 saturated heterocycles. The van der Waals surface area contributed by atoms with Crippen molar-refractivity contribution in [1.29, 1.82) is 0 Å². The van der Waals surface area contributed by atoms with Gasteiger partial charge in [0.15, 0.2) is 0 Å². The molecule has 2 aromatic carbocycles. The summed E-state index contributed by atoms with van der Waals surface area (Å²) in [5.74, 6) is -0.342. The van der Waals surface area contributed by atoms with Crippen LogP contribution in [-0.2, 0) is 27.8 Å². The van der Waals surface area contributed by atoms with Gasteiger partial charge < -0.3 is 5.32 Å². The summed E-state index contributed by atoms with van der Waals surface area (Å²) in [6.07, 6.45) is 7.02. The maximum Gasteiger partial charge on any atom is 0.243 e. The summed E-state index contributed by atoms with van der Waals surface area (Å²) in [6, 6.07) is 19.9. The molecule has 0 saturated carbocycles. The summed E-state index contributed by atoms with van der Waals surface area (Å²) < 4.78 is 26.0. The summed E-state index contributed by atoms with van der Waals surface area (Å²) in [6.45, 7) is 0.194. The SMILES string of the molecule is CS(=O)(=O)N1Cc2ccccc2CC1C(=O)Nc1cccc(C=Cc2ccccn2)c1. The van der Waals surface area contributed by atoms with Crippen molar-refractivity contribution in [2.45, 2.75) is 19.0 Å². The monoisotopic (exact) mass is 433 g/mol. The first-order valence-corrected chi connectivity index (χ1v) is 11.8. The lowest BCUT2D eigenvalue weighted by molar-refractivity contribution is -0.120. The molecule has 158 valence electrons. The summed E-state index contributed by atoms with van der Waals surface area (Å²) >= 11 is 0. The molecule has 1 aliphatic heterocycles. The van der Waals surface area contributed by atoms with Crippen molar-refractivity contribution in [3.05, 3.63) is 95.3 Å². The van der Waals surface area contributed by atoms with Crippen LogP contribution in [0.25, 0.3) is 12.2 Å². The van der Waals surface area contributed by atoms with Gasteiger partial charge in [-0.05, 0) is 53.5 Å². The third kappa shape index (κ3) is 5.07. The molecule has 3 aromatic rings. The molecule has 0 aliphatic carbocycles. The average Bonchev–Trinajstić information content (AvgIpc) is 2.77. The molecule has 0 radical (unpaired) electrons. The number of carbonyl (C=O) groups excluding carboxylic acids is 1. The van der Waals surface area contributed by atoms with Crippen LogP contribution in [0.5, 0.6) is 0 Å². The number of pyridine rings is 1. The van der Waals surface area contributed by atoms with Crippen LogP contribution in [0.15, 0.2) is 72.9 Å². The number of carbonyl (C=O) groups is 1. The molecule has 1 N–H and O–H groups in total. The van der Waals surface area contributed by atoms with E-state index in [2.05, 4.69) is 10.3 Å². The van der Waals surface area contributed by atoms with Gasteiger partial charge in [-0.3, -0.25) is 9.78 Å². The molecule has 1 unspecified atom stereocenters. The third-order valence-electron chi connectivity index (χ3n) is 5.22. The van der Waals surface area contributed by atoms with E-state index >= 15 is 0 Å². The highest BCUT2D eigenvalue weighted by atomic mass is 32.2. The Hall–Kier alpha value is -3.29. The number of nitrogens with zero attached hydrogens (tertiary/aromatic N) is 2. The first-order chi connectivity index (χ1) is 14.9. The van der Waals surface area contributed by atoms with E-state index in [1.807, 2.05) is 72.8 Å². The lowest BCUT2D eigenvalue weighted by Gasteiger charge is -2.34. The molecule has 7 heteroatoms. The molecule has 0 spiro atoms. The second-order valence-corrected chi connectivity index (χ2v) is 9.43. The Bertz CT molecular complexity index is 1220. The van der Waals surface area contributed by atoms with Crippen LogP contribution < -0.4 is 5.32 Å². The van der Waals surface area contributed by atoms with Gasteiger partial charge in [-0.15, -0.1) is 0 Å². The molecule has 31 heavy (non-hydrogen) atoms. The first-order valence-electron chi connectivity index (χ1n) is 9.94. The molecule has 0 fully saturated rings. The van der Waals surface area contributed by atoms with Crippen LogP contribution in [0.1, 0.15) is 22.4 Å². The fraction of sp³-hybridized carbons (Fsp3) is 0.167. The lowest BCUT2D eigenvalue weighted by atomic mass is 9.95. The highest BCUT2D eigenvalue weighted by Crippen LogP contribution is 2.26. The number of benzene rings is 2. The predicted molar refractivity (Wildman–Crippen MR) is 123 cm³/mol. The van der Waals surface area contributed by atoms with E-state index < -0.39 is 16.1 Å². The number of rotatable bonds is 5. The van der Waals surface area contributed by atoms with Crippen molar-refractivity contribution in [2.24, 2.45) is 0 Å². The largest absolute Gasteiger partial charge is 0.325 e. The van der Waals surface area contributed by atoms with Crippen LogP contribution >= 0.6 is 0 Å². The molecule has 1 aromatic heterocycles. The van der Waals surface area contributed by atoms with E-state index in [4.69, 9.17) is 0 Å². The molecule has 1 aliphatic rings. The normalized spacial score (nSPS) is 16.7. The third-order valence-corrected chi connectivity index (χ3v) is 6.46. The second kappa shape index (κ2) is 8.83. The molecular weight excluding hydrogens is 410 g/mol. The van der Waals surface area contributed by atoms with Crippen LogP contribution in [0.4, 0.5) is 5.69 Å². The zero-order chi connectivity index (χ0) is 21.8. The molecular formula is C24H23N3O3S. The van der Waals surface area contributed by atoms with Gasteiger partial charge in [0, 0.05) is 18.4 Å². The smallest absolute Gasteiger partial charge is 0.243 e. The molecule has 6 nitrogen and oxygen atoms in total. The van der Waals surface area contributed by atoms with E-state index in [0.717, 1.165) is 28.6 Å². The summed E-state index contributed by atoms with van der Waals surface area (Å²) in [5.41, 5.74) is 4.27. The van der Waals surface area contributed by atoms with Crippen LogP contribution in [0, 0.1) is 0 Å². The van der Waals surface area contributed by atoms with Crippen molar-refractivity contribution in [3.8, 4) is 0 Å². The predicted octanol–water partition coefficient (Wildman–Crippen LogP) is 3.58. The zero-order valence-corrected chi connectivity index (χ0v) is 17.9. The molecule has 2 heterocycles. The summed E-state index contributed by atoms with van der Waals surface area (Å²) in [7, 11) is -3.55. The minimum atomic E-state index is -3.55. The number of sulfonamides is 1. The van der Waals surface area contributed by atoms with Gasteiger partial charge >= 0.3 is 0 Å². The van der Waals surface area contributed by atoms with Crippen LogP contribution in [-0.4, -0.2) is 35.9 Å². The number of hydrogen-bond acceptors (Lipinski definition) is 4. The second-order valence-electron chi connectivity index (χ2n) is 7.50. The highest BCUT2D eigenvalue weighted by molar-refractivity contribution is 7.88. The van der Waals surface area contributed by atoms with Crippen molar-refractivity contribution in [2.75, 3.05) is 11.6 Å². The number of hydrogen-bond donors (Lipinski definition) is 1. The van der Waals surface area contributed by atoms with Crippen molar-refractivity contribution >= 4 is 33.8 Å². The Morgan fingerprint density at radius 3 is 2.55 bits per heavy atom. The fourth-order valence-electron chi connectivity index (χ4n) is 3.67. The fourth-order valence-corrected chi connectivity index (χ4v) is 4.68. The van der Waals surface area contributed by atoms with E-state index in [0.29, 0.717) is 12.1 Å². The van der Waals surface area contributed by atoms with Gasteiger partial charge in [0.25, 0.3) is 0 Å². The number of amides is 1. The van der Waals surface area contributed by atoms with Gasteiger partial charge in [0.2, 0.25) is 15.9 Å². The molecule has 1 amide bonds. The lowest BCUT2D eigenvalue weighted by Crippen LogP contribution is -2.50. The highest BCUT2D eigenvalue weighted by Gasteiger charge is 2.36. The van der Waals surface area contributed by atoms with E-state index in [1.54, 1.807) is 12.3 Å². The topological polar surface area (TPSA) is 79.4 Å². The molecule has 4 rings (SSSR count). The maximum atomic E-state index is 13.1. The average molecular weight is 434 g/mol. The van der Waals surface area contributed by atoms with E-state index in [9.17, 15) is 13.2 Å². The first kappa shape index (κ1) is 21.0. The molecule has 1 atom stereocenters. The number of fused-ring (bicyclic) bond motifs is 1. The van der Waals surface area contributed by atoms with E-state index in [1.165, 1.54) is 4.31 Å².